The van der Waals surface area contributed by atoms with Gasteiger partial charge in [0.15, 0.2) is 0 Å². The summed E-state index contributed by atoms with van der Waals surface area (Å²) in [5.74, 6) is 0. The minimum atomic E-state index is 0.339. The lowest BCUT2D eigenvalue weighted by molar-refractivity contribution is -0.00915. The molecular formula is C22H35N3O2. The first kappa shape index (κ1) is 19.3. The highest BCUT2D eigenvalue weighted by atomic mass is 16.5. The SMILES string of the molecule is c1ccc(CN2CCCOC(CN3CCN(C4CCOCC4)CC3)C2)cc1. The summed E-state index contributed by atoms with van der Waals surface area (Å²) in [6.45, 7) is 11.8. The summed E-state index contributed by atoms with van der Waals surface area (Å²) < 4.78 is 11.7. The Kier molecular flexibility index (Phi) is 7.15. The molecule has 5 nitrogen and oxygen atoms in total. The normalized spacial score (nSPS) is 27.5. The molecule has 0 bridgehead atoms. The molecule has 5 heteroatoms. The number of rotatable bonds is 5. The summed E-state index contributed by atoms with van der Waals surface area (Å²) in [5.41, 5.74) is 1.41. The Balaban J connectivity index is 1.23. The summed E-state index contributed by atoms with van der Waals surface area (Å²) in [7, 11) is 0. The first-order valence-electron chi connectivity index (χ1n) is 10.8. The molecule has 27 heavy (non-hydrogen) atoms. The second-order valence-corrected chi connectivity index (χ2v) is 8.25. The number of hydrogen-bond donors (Lipinski definition) is 0. The molecule has 0 aromatic heterocycles. The molecule has 0 spiro atoms. The zero-order valence-electron chi connectivity index (χ0n) is 16.6. The lowest BCUT2D eigenvalue weighted by Gasteiger charge is -2.41. The maximum absolute atomic E-state index is 6.20. The lowest BCUT2D eigenvalue weighted by atomic mass is 10.1. The van der Waals surface area contributed by atoms with Crippen LogP contribution >= 0.6 is 0 Å². The number of benzene rings is 1. The highest BCUT2D eigenvalue weighted by Crippen LogP contribution is 2.18. The van der Waals surface area contributed by atoms with Crippen molar-refractivity contribution < 1.29 is 9.47 Å². The van der Waals surface area contributed by atoms with Crippen LogP contribution in [-0.2, 0) is 16.0 Å². The van der Waals surface area contributed by atoms with Crippen molar-refractivity contribution in [3.63, 3.8) is 0 Å². The molecule has 150 valence electrons. The number of nitrogens with zero attached hydrogens (tertiary/aromatic N) is 3. The van der Waals surface area contributed by atoms with Gasteiger partial charge in [0.2, 0.25) is 0 Å². The van der Waals surface area contributed by atoms with Gasteiger partial charge in [0.25, 0.3) is 0 Å². The van der Waals surface area contributed by atoms with Crippen LogP contribution in [0.2, 0.25) is 0 Å². The summed E-state index contributed by atoms with van der Waals surface area (Å²) >= 11 is 0. The van der Waals surface area contributed by atoms with E-state index < -0.39 is 0 Å². The molecule has 3 saturated heterocycles. The molecule has 0 amide bonds. The van der Waals surface area contributed by atoms with E-state index in [0.29, 0.717) is 6.10 Å². The first-order chi connectivity index (χ1) is 13.4. The average molecular weight is 374 g/mol. The van der Waals surface area contributed by atoms with Gasteiger partial charge in [0.1, 0.15) is 0 Å². The minimum absolute atomic E-state index is 0.339. The Morgan fingerprint density at radius 1 is 0.852 bits per heavy atom. The molecule has 1 aromatic carbocycles. The molecule has 1 atom stereocenters. The van der Waals surface area contributed by atoms with Crippen LogP contribution in [0.25, 0.3) is 0 Å². The highest BCUT2D eigenvalue weighted by molar-refractivity contribution is 5.14. The molecule has 3 heterocycles. The Morgan fingerprint density at radius 3 is 2.41 bits per heavy atom. The fraction of sp³-hybridized carbons (Fsp3) is 0.727. The van der Waals surface area contributed by atoms with Crippen LogP contribution in [0.1, 0.15) is 24.8 Å². The van der Waals surface area contributed by atoms with Gasteiger partial charge in [-0.3, -0.25) is 14.7 Å². The molecule has 0 radical (unpaired) electrons. The number of hydrogen-bond acceptors (Lipinski definition) is 5. The van der Waals surface area contributed by atoms with Crippen LogP contribution in [0.15, 0.2) is 30.3 Å². The van der Waals surface area contributed by atoms with E-state index in [1.54, 1.807) is 0 Å². The van der Waals surface area contributed by atoms with Crippen molar-refractivity contribution in [2.45, 2.75) is 38.0 Å². The maximum atomic E-state index is 6.20. The predicted molar refractivity (Wildman–Crippen MR) is 108 cm³/mol. The monoisotopic (exact) mass is 373 g/mol. The van der Waals surface area contributed by atoms with Crippen molar-refractivity contribution in [3.8, 4) is 0 Å². The van der Waals surface area contributed by atoms with Crippen LogP contribution < -0.4 is 0 Å². The smallest absolute Gasteiger partial charge is 0.0828 e. The molecule has 1 unspecified atom stereocenters. The van der Waals surface area contributed by atoms with Crippen molar-refractivity contribution in [2.24, 2.45) is 0 Å². The average Bonchev–Trinajstić information content (AvgIpc) is 2.95. The summed E-state index contributed by atoms with van der Waals surface area (Å²) in [6.07, 6.45) is 3.90. The molecule has 4 rings (SSSR count). The summed E-state index contributed by atoms with van der Waals surface area (Å²) in [6, 6.07) is 11.6. The Bertz CT molecular complexity index is 542. The van der Waals surface area contributed by atoms with Crippen LogP contribution in [0, 0.1) is 0 Å². The molecular weight excluding hydrogens is 338 g/mol. The largest absolute Gasteiger partial charge is 0.381 e. The Morgan fingerprint density at radius 2 is 1.63 bits per heavy atom. The van der Waals surface area contributed by atoms with Gasteiger partial charge >= 0.3 is 0 Å². The highest BCUT2D eigenvalue weighted by Gasteiger charge is 2.27. The van der Waals surface area contributed by atoms with Crippen LogP contribution in [-0.4, -0.2) is 92.5 Å². The summed E-state index contributed by atoms with van der Waals surface area (Å²) in [5, 5.41) is 0. The third kappa shape index (κ3) is 5.75. The number of ether oxygens (including phenoxy) is 2. The van der Waals surface area contributed by atoms with Crippen LogP contribution in [0.5, 0.6) is 0 Å². The third-order valence-corrected chi connectivity index (χ3v) is 6.26. The van der Waals surface area contributed by atoms with Gasteiger partial charge in [-0.05, 0) is 24.8 Å². The fourth-order valence-corrected chi connectivity index (χ4v) is 4.72. The van der Waals surface area contributed by atoms with Gasteiger partial charge in [-0.15, -0.1) is 0 Å². The zero-order valence-corrected chi connectivity index (χ0v) is 16.6. The van der Waals surface area contributed by atoms with Gasteiger partial charge < -0.3 is 9.47 Å². The van der Waals surface area contributed by atoms with E-state index in [9.17, 15) is 0 Å². The third-order valence-electron chi connectivity index (χ3n) is 6.26. The Hall–Kier alpha value is -0.980. The van der Waals surface area contributed by atoms with Crippen molar-refractivity contribution in [3.05, 3.63) is 35.9 Å². The van der Waals surface area contributed by atoms with Gasteiger partial charge in [0.05, 0.1) is 6.10 Å². The second-order valence-electron chi connectivity index (χ2n) is 8.25. The zero-order chi connectivity index (χ0) is 18.3. The molecule has 0 aliphatic carbocycles. The molecule has 0 saturated carbocycles. The van der Waals surface area contributed by atoms with E-state index in [4.69, 9.17) is 9.47 Å². The molecule has 0 N–H and O–H groups in total. The van der Waals surface area contributed by atoms with Crippen molar-refractivity contribution >= 4 is 0 Å². The summed E-state index contributed by atoms with van der Waals surface area (Å²) in [4.78, 5) is 7.88. The van der Waals surface area contributed by atoms with Gasteiger partial charge in [-0.1, -0.05) is 30.3 Å². The van der Waals surface area contributed by atoms with Crippen LogP contribution in [0.4, 0.5) is 0 Å². The van der Waals surface area contributed by atoms with Crippen molar-refractivity contribution in [1.29, 1.82) is 0 Å². The molecule has 3 aliphatic heterocycles. The standard InChI is InChI=1S/C22H35N3O2/c1-2-5-20(6-3-1)17-24-9-4-14-27-22(19-24)18-23-10-12-25(13-11-23)21-7-15-26-16-8-21/h1-3,5-6,21-22H,4,7-19H2. The Labute approximate surface area is 164 Å². The lowest BCUT2D eigenvalue weighted by Crippen LogP contribution is -2.53. The minimum Gasteiger partial charge on any atom is -0.381 e. The molecule has 3 aliphatic rings. The van der Waals surface area contributed by atoms with E-state index in [-0.39, 0.29) is 0 Å². The topological polar surface area (TPSA) is 28.2 Å². The van der Waals surface area contributed by atoms with E-state index in [1.807, 2.05) is 0 Å². The quantitative estimate of drug-likeness (QED) is 0.788. The predicted octanol–water partition coefficient (Wildman–Crippen LogP) is 2.07. The van der Waals surface area contributed by atoms with Gasteiger partial charge in [-0.2, -0.15) is 0 Å². The van der Waals surface area contributed by atoms with E-state index in [0.717, 1.165) is 58.5 Å². The van der Waals surface area contributed by atoms with E-state index in [1.165, 1.54) is 44.6 Å². The van der Waals surface area contributed by atoms with E-state index >= 15 is 0 Å². The van der Waals surface area contributed by atoms with Gasteiger partial charge in [-0.25, -0.2) is 0 Å². The second kappa shape index (κ2) is 9.99. The van der Waals surface area contributed by atoms with E-state index in [2.05, 4.69) is 45.0 Å². The van der Waals surface area contributed by atoms with Crippen molar-refractivity contribution in [1.82, 2.24) is 14.7 Å². The molecule has 1 aromatic rings. The molecule has 3 fully saturated rings. The first-order valence-corrected chi connectivity index (χ1v) is 10.8. The van der Waals surface area contributed by atoms with Gasteiger partial charge in [0, 0.05) is 78.2 Å². The van der Waals surface area contributed by atoms with Crippen LogP contribution in [0.3, 0.4) is 0 Å². The maximum Gasteiger partial charge on any atom is 0.0828 e. The fourth-order valence-electron chi connectivity index (χ4n) is 4.72. The number of piperazine rings is 1. The van der Waals surface area contributed by atoms with Crippen molar-refractivity contribution in [2.75, 3.05) is 65.6 Å².